The van der Waals surface area contributed by atoms with Gasteiger partial charge in [-0.1, -0.05) is 0 Å². The van der Waals surface area contributed by atoms with Gasteiger partial charge in [0.05, 0.1) is 12.1 Å². The van der Waals surface area contributed by atoms with Crippen LogP contribution in [0.1, 0.15) is 6.92 Å². The molecule has 1 heterocycles. The fraction of sp³-hybridized carbons (Fsp3) is 0.857. The van der Waals surface area contributed by atoms with Gasteiger partial charge >= 0.3 is 0 Å². The standard InChI is InChI=1S/C7H14N2O2/c1-5(7(11)8-2)9-3-6(10)4-9/h5-6,10H,3-4H2,1-2H3,(H,8,11). The second-order valence-corrected chi connectivity index (χ2v) is 2.90. The molecule has 0 bridgehead atoms. The Morgan fingerprint density at radius 3 is 2.64 bits per heavy atom. The van der Waals surface area contributed by atoms with Crippen LogP contribution < -0.4 is 5.32 Å². The van der Waals surface area contributed by atoms with E-state index in [9.17, 15) is 4.79 Å². The predicted molar refractivity (Wildman–Crippen MR) is 41.1 cm³/mol. The zero-order chi connectivity index (χ0) is 8.43. The molecule has 0 saturated carbocycles. The van der Waals surface area contributed by atoms with Crippen molar-refractivity contribution in [2.45, 2.75) is 19.1 Å². The van der Waals surface area contributed by atoms with Crippen LogP contribution >= 0.6 is 0 Å². The number of likely N-dealkylation sites (N-methyl/N-ethyl adjacent to an activating group) is 1. The molecule has 1 amide bonds. The van der Waals surface area contributed by atoms with E-state index in [0.717, 1.165) is 0 Å². The highest BCUT2D eigenvalue weighted by Crippen LogP contribution is 2.11. The number of aliphatic hydroxyl groups is 1. The molecule has 1 atom stereocenters. The maximum absolute atomic E-state index is 11.0. The monoisotopic (exact) mass is 158 g/mol. The van der Waals surface area contributed by atoms with Gasteiger partial charge in [-0.25, -0.2) is 0 Å². The van der Waals surface area contributed by atoms with Gasteiger partial charge in [0.1, 0.15) is 0 Å². The van der Waals surface area contributed by atoms with Crippen molar-refractivity contribution in [1.29, 1.82) is 0 Å². The number of β-amino-alcohol motifs (C(OH)–C–C–N with tert-alkyl or cyclic N) is 1. The summed E-state index contributed by atoms with van der Waals surface area (Å²) in [6, 6.07) is -0.108. The summed E-state index contributed by atoms with van der Waals surface area (Å²) < 4.78 is 0. The minimum atomic E-state index is -0.234. The molecule has 4 nitrogen and oxygen atoms in total. The number of carbonyl (C=O) groups excluding carboxylic acids is 1. The summed E-state index contributed by atoms with van der Waals surface area (Å²) in [5.41, 5.74) is 0. The molecular weight excluding hydrogens is 144 g/mol. The molecule has 2 N–H and O–H groups in total. The summed E-state index contributed by atoms with van der Waals surface area (Å²) in [7, 11) is 1.62. The van der Waals surface area contributed by atoms with Gasteiger partial charge in [-0.3, -0.25) is 9.69 Å². The molecule has 11 heavy (non-hydrogen) atoms. The van der Waals surface area contributed by atoms with Crippen LogP contribution in [0.4, 0.5) is 0 Å². The number of likely N-dealkylation sites (tertiary alicyclic amines) is 1. The van der Waals surface area contributed by atoms with E-state index < -0.39 is 0 Å². The third-order valence-electron chi connectivity index (χ3n) is 2.06. The van der Waals surface area contributed by atoms with Crippen molar-refractivity contribution >= 4 is 5.91 Å². The Bertz CT molecular complexity index is 155. The van der Waals surface area contributed by atoms with E-state index in [1.165, 1.54) is 0 Å². The van der Waals surface area contributed by atoms with Crippen molar-refractivity contribution < 1.29 is 9.90 Å². The zero-order valence-electron chi connectivity index (χ0n) is 6.87. The molecule has 0 aromatic heterocycles. The summed E-state index contributed by atoms with van der Waals surface area (Å²) in [4.78, 5) is 13.0. The number of aliphatic hydroxyl groups excluding tert-OH is 1. The van der Waals surface area contributed by atoms with E-state index >= 15 is 0 Å². The first kappa shape index (κ1) is 8.49. The van der Waals surface area contributed by atoms with Crippen molar-refractivity contribution in [2.24, 2.45) is 0 Å². The van der Waals surface area contributed by atoms with E-state index in [4.69, 9.17) is 5.11 Å². The lowest BCUT2D eigenvalue weighted by molar-refractivity contribution is -0.129. The normalized spacial score (nSPS) is 22.5. The van der Waals surface area contributed by atoms with E-state index in [0.29, 0.717) is 13.1 Å². The Morgan fingerprint density at radius 1 is 1.73 bits per heavy atom. The predicted octanol–water partition coefficient (Wildman–Crippen LogP) is -1.20. The Morgan fingerprint density at radius 2 is 2.27 bits per heavy atom. The smallest absolute Gasteiger partial charge is 0.236 e. The third-order valence-corrected chi connectivity index (χ3v) is 2.06. The Hall–Kier alpha value is -0.610. The first-order valence-electron chi connectivity index (χ1n) is 3.79. The summed E-state index contributed by atoms with van der Waals surface area (Å²) in [6.07, 6.45) is -0.234. The molecule has 0 radical (unpaired) electrons. The highest BCUT2D eigenvalue weighted by Gasteiger charge is 2.31. The molecule has 1 rings (SSSR count). The average molecular weight is 158 g/mol. The molecule has 0 spiro atoms. The van der Waals surface area contributed by atoms with Crippen LogP contribution in [0.25, 0.3) is 0 Å². The molecule has 1 aliphatic heterocycles. The minimum absolute atomic E-state index is 0.0110. The number of hydrogen-bond donors (Lipinski definition) is 2. The van der Waals surface area contributed by atoms with Crippen LogP contribution in [-0.2, 0) is 4.79 Å². The number of nitrogens with zero attached hydrogens (tertiary/aromatic N) is 1. The van der Waals surface area contributed by atoms with Crippen molar-refractivity contribution in [3.8, 4) is 0 Å². The number of hydrogen-bond acceptors (Lipinski definition) is 3. The Labute approximate surface area is 66.2 Å². The largest absolute Gasteiger partial charge is 0.390 e. The molecule has 1 unspecified atom stereocenters. The van der Waals surface area contributed by atoms with Crippen LogP contribution in [0.3, 0.4) is 0 Å². The van der Waals surface area contributed by atoms with E-state index in [1.807, 2.05) is 11.8 Å². The van der Waals surface area contributed by atoms with Gasteiger partial charge in [0.2, 0.25) is 5.91 Å². The second-order valence-electron chi connectivity index (χ2n) is 2.90. The van der Waals surface area contributed by atoms with Crippen LogP contribution in [0, 0.1) is 0 Å². The van der Waals surface area contributed by atoms with Gasteiger partial charge in [0, 0.05) is 20.1 Å². The maximum atomic E-state index is 11.0. The Kier molecular flexibility index (Phi) is 2.46. The first-order chi connectivity index (χ1) is 5.15. The third kappa shape index (κ3) is 1.70. The summed E-state index contributed by atoms with van der Waals surface area (Å²) in [6.45, 7) is 3.08. The molecule has 1 fully saturated rings. The van der Waals surface area contributed by atoms with Crippen molar-refractivity contribution in [3.63, 3.8) is 0 Å². The van der Waals surface area contributed by atoms with E-state index in [-0.39, 0.29) is 18.1 Å². The maximum Gasteiger partial charge on any atom is 0.236 e. The average Bonchev–Trinajstić information content (AvgIpc) is 1.96. The molecule has 1 aliphatic rings. The molecule has 1 saturated heterocycles. The van der Waals surface area contributed by atoms with Crippen LogP contribution in [0.15, 0.2) is 0 Å². The lowest BCUT2D eigenvalue weighted by Crippen LogP contribution is -2.58. The number of carbonyl (C=O) groups is 1. The molecule has 4 heteroatoms. The van der Waals surface area contributed by atoms with Gasteiger partial charge in [-0.05, 0) is 6.92 Å². The van der Waals surface area contributed by atoms with Gasteiger partial charge in [-0.2, -0.15) is 0 Å². The SMILES string of the molecule is CNC(=O)C(C)N1CC(O)C1. The zero-order valence-corrected chi connectivity index (χ0v) is 6.87. The second kappa shape index (κ2) is 3.19. The first-order valence-corrected chi connectivity index (χ1v) is 3.79. The molecule has 0 aromatic rings. The van der Waals surface area contributed by atoms with Crippen LogP contribution in [0.2, 0.25) is 0 Å². The lowest BCUT2D eigenvalue weighted by Gasteiger charge is -2.39. The van der Waals surface area contributed by atoms with Crippen molar-refractivity contribution in [1.82, 2.24) is 10.2 Å². The summed E-state index contributed by atoms with van der Waals surface area (Å²) in [5.74, 6) is 0.0110. The van der Waals surface area contributed by atoms with Gasteiger partial charge in [0.15, 0.2) is 0 Å². The quantitative estimate of drug-likeness (QED) is 0.530. The molecular formula is C7H14N2O2. The van der Waals surface area contributed by atoms with Crippen LogP contribution in [-0.4, -0.2) is 48.2 Å². The lowest BCUT2D eigenvalue weighted by atomic mass is 10.1. The Balaban J connectivity index is 2.31. The van der Waals surface area contributed by atoms with Crippen molar-refractivity contribution in [2.75, 3.05) is 20.1 Å². The van der Waals surface area contributed by atoms with Crippen molar-refractivity contribution in [3.05, 3.63) is 0 Å². The summed E-state index contributed by atoms with van der Waals surface area (Å²) >= 11 is 0. The van der Waals surface area contributed by atoms with Gasteiger partial charge in [0.25, 0.3) is 0 Å². The molecule has 0 aliphatic carbocycles. The van der Waals surface area contributed by atoms with E-state index in [1.54, 1.807) is 7.05 Å². The van der Waals surface area contributed by atoms with Crippen LogP contribution in [0.5, 0.6) is 0 Å². The fourth-order valence-corrected chi connectivity index (χ4v) is 1.18. The molecule has 0 aromatic carbocycles. The molecule has 64 valence electrons. The minimum Gasteiger partial charge on any atom is -0.390 e. The highest BCUT2D eigenvalue weighted by atomic mass is 16.3. The van der Waals surface area contributed by atoms with E-state index in [2.05, 4.69) is 5.32 Å². The van der Waals surface area contributed by atoms with Gasteiger partial charge < -0.3 is 10.4 Å². The number of amides is 1. The number of nitrogens with one attached hydrogen (secondary N) is 1. The van der Waals surface area contributed by atoms with Gasteiger partial charge in [-0.15, -0.1) is 0 Å². The fourth-order valence-electron chi connectivity index (χ4n) is 1.18. The summed E-state index contributed by atoms with van der Waals surface area (Å²) in [5, 5.41) is 11.5. The number of rotatable bonds is 2. The highest BCUT2D eigenvalue weighted by molar-refractivity contribution is 5.81. The topological polar surface area (TPSA) is 52.6 Å².